The molecule has 0 unspecified atom stereocenters. The van der Waals surface area contributed by atoms with E-state index in [1.807, 2.05) is 19.9 Å². The summed E-state index contributed by atoms with van der Waals surface area (Å²) in [6, 6.07) is 3.92. The van der Waals surface area contributed by atoms with Crippen LogP contribution in [0, 0.1) is 24.4 Å². The zero-order valence-corrected chi connectivity index (χ0v) is 10.7. The van der Waals surface area contributed by atoms with Gasteiger partial charge in [0.05, 0.1) is 23.6 Å². The first-order valence-corrected chi connectivity index (χ1v) is 5.93. The number of nitrogens with zero attached hydrogens (tertiary/aromatic N) is 2. The van der Waals surface area contributed by atoms with Crippen LogP contribution >= 0.6 is 0 Å². The maximum absolute atomic E-state index is 13.5. The number of rotatable bonds is 4. The first kappa shape index (κ1) is 13.5. The number of hydrogen-bond donors (Lipinski definition) is 1. The molecule has 1 N–H and O–H groups in total. The van der Waals surface area contributed by atoms with Gasteiger partial charge in [-0.1, -0.05) is 0 Å². The van der Waals surface area contributed by atoms with Crippen molar-refractivity contribution in [3.63, 3.8) is 0 Å². The molecular weight excluding hydrogens is 255 g/mol. The Morgan fingerprint density at radius 3 is 2.63 bits per heavy atom. The van der Waals surface area contributed by atoms with E-state index < -0.39 is 17.5 Å². The van der Waals surface area contributed by atoms with Crippen molar-refractivity contribution in [1.82, 2.24) is 9.78 Å². The number of hydrogen-bond acceptors (Lipinski definition) is 2. The van der Waals surface area contributed by atoms with E-state index >= 15 is 0 Å². The summed E-state index contributed by atoms with van der Waals surface area (Å²) in [7, 11) is 0. The van der Waals surface area contributed by atoms with Crippen LogP contribution in [0.2, 0.25) is 0 Å². The smallest absolute Gasteiger partial charge is 0.196 e. The van der Waals surface area contributed by atoms with Crippen LogP contribution in [0.1, 0.15) is 18.3 Å². The molecule has 0 amide bonds. The summed E-state index contributed by atoms with van der Waals surface area (Å²) in [4.78, 5) is 0. The molecule has 1 aromatic heterocycles. The summed E-state index contributed by atoms with van der Waals surface area (Å²) in [6.07, 6.45) is 0. The predicted molar refractivity (Wildman–Crippen MR) is 66.3 cm³/mol. The highest BCUT2D eigenvalue weighted by Gasteiger charge is 2.13. The molecule has 0 atom stereocenters. The fourth-order valence-electron chi connectivity index (χ4n) is 1.86. The minimum atomic E-state index is -1.47. The van der Waals surface area contributed by atoms with Crippen LogP contribution in [0.25, 0.3) is 0 Å². The number of benzene rings is 1. The van der Waals surface area contributed by atoms with Crippen LogP contribution in [0.15, 0.2) is 18.2 Å². The zero-order chi connectivity index (χ0) is 14.0. The Morgan fingerprint density at radius 1 is 1.21 bits per heavy atom. The molecule has 0 aliphatic carbocycles. The van der Waals surface area contributed by atoms with Gasteiger partial charge in [-0.15, -0.1) is 0 Å². The van der Waals surface area contributed by atoms with Gasteiger partial charge >= 0.3 is 0 Å². The van der Waals surface area contributed by atoms with E-state index in [-0.39, 0.29) is 12.2 Å². The standard InChI is InChI=1S/C13H14F3N3/c1-3-19-9(6-8(2)18-19)7-17-11-5-4-10(14)12(15)13(11)16/h4-6,17H,3,7H2,1-2H3. The van der Waals surface area contributed by atoms with E-state index in [1.165, 1.54) is 6.07 Å². The number of aryl methyl sites for hydroxylation is 2. The first-order valence-electron chi connectivity index (χ1n) is 5.93. The molecule has 0 bridgehead atoms. The Morgan fingerprint density at radius 2 is 1.95 bits per heavy atom. The minimum absolute atomic E-state index is 0.0691. The second kappa shape index (κ2) is 5.34. The van der Waals surface area contributed by atoms with E-state index in [0.29, 0.717) is 6.54 Å². The van der Waals surface area contributed by atoms with Gasteiger partial charge in [0.25, 0.3) is 0 Å². The number of aromatic nitrogens is 2. The van der Waals surface area contributed by atoms with Gasteiger partial charge in [0.1, 0.15) is 0 Å². The van der Waals surface area contributed by atoms with Crippen molar-refractivity contribution in [2.24, 2.45) is 0 Å². The van der Waals surface area contributed by atoms with Crippen LogP contribution < -0.4 is 5.32 Å². The van der Waals surface area contributed by atoms with Crippen LogP contribution in [-0.2, 0) is 13.1 Å². The third-order valence-corrected chi connectivity index (χ3v) is 2.78. The van der Waals surface area contributed by atoms with E-state index in [4.69, 9.17) is 0 Å². The molecule has 2 rings (SSSR count). The Hall–Kier alpha value is -1.98. The molecule has 1 heterocycles. The fourth-order valence-corrected chi connectivity index (χ4v) is 1.86. The van der Waals surface area contributed by atoms with Gasteiger partial charge < -0.3 is 5.32 Å². The maximum Gasteiger partial charge on any atom is 0.196 e. The topological polar surface area (TPSA) is 29.9 Å². The highest BCUT2D eigenvalue weighted by Crippen LogP contribution is 2.20. The molecule has 0 aliphatic rings. The average molecular weight is 269 g/mol. The summed E-state index contributed by atoms with van der Waals surface area (Å²) in [5, 5.41) is 6.99. The lowest BCUT2D eigenvalue weighted by atomic mass is 10.2. The molecular formula is C13H14F3N3. The first-order chi connectivity index (χ1) is 9.02. The van der Waals surface area contributed by atoms with Crippen LogP contribution in [-0.4, -0.2) is 9.78 Å². The zero-order valence-electron chi connectivity index (χ0n) is 10.7. The molecule has 0 saturated carbocycles. The van der Waals surface area contributed by atoms with Crippen LogP contribution in [0.3, 0.4) is 0 Å². The molecule has 3 nitrogen and oxygen atoms in total. The van der Waals surface area contributed by atoms with Crippen LogP contribution in [0.5, 0.6) is 0 Å². The van der Waals surface area contributed by atoms with Gasteiger partial charge in [-0.2, -0.15) is 5.10 Å². The van der Waals surface area contributed by atoms with E-state index in [9.17, 15) is 13.2 Å². The fraction of sp³-hybridized carbons (Fsp3) is 0.308. The quantitative estimate of drug-likeness (QED) is 0.863. The lowest BCUT2D eigenvalue weighted by molar-refractivity contribution is 0.449. The SMILES string of the molecule is CCn1nc(C)cc1CNc1ccc(F)c(F)c1F. The second-order valence-corrected chi connectivity index (χ2v) is 4.17. The maximum atomic E-state index is 13.5. The molecule has 0 saturated heterocycles. The van der Waals surface area contributed by atoms with Gasteiger partial charge in [-0.25, -0.2) is 13.2 Å². The molecule has 0 fully saturated rings. The lowest BCUT2D eigenvalue weighted by Gasteiger charge is -2.09. The van der Waals surface area contributed by atoms with Gasteiger partial charge in [-0.3, -0.25) is 4.68 Å². The van der Waals surface area contributed by atoms with Gasteiger partial charge in [-0.05, 0) is 32.0 Å². The number of nitrogens with one attached hydrogen (secondary N) is 1. The number of halogens is 3. The Labute approximate surface area is 109 Å². The van der Waals surface area contributed by atoms with Gasteiger partial charge in [0.15, 0.2) is 17.5 Å². The highest BCUT2D eigenvalue weighted by atomic mass is 19.2. The third-order valence-electron chi connectivity index (χ3n) is 2.78. The Balaban J connectivity index is 2.17. The molecule has 102 valence electrons. The van der Waals surface area contributed by atoms with Crippen molar-refractivity contribution in [3.8, 4) is 0 Å². The largest absolute Gasteiger partial charge is 0.377 e. The number of anilines is 1. The molecule has 0 radical (unpaired) electrons. The normalized spacial score (nSPS) is 10.8. The van der Waals surface area contributed by atoms with Crippen molar-refractivity contribution in [2.45, 2.75) is 26.9 Å². The van der Waals surface area contributed by atoms with Crippen molar-refractivity contribution in [1.29, 1.82) is 0 Å². The third kappa shape index (κ3) is 2.72. The molecule has 2 aromatic rings. The van der Waals surface area contributed by atoms with Crippen molar-refractivity contribution < 1.29 is 13.2 Å². The highest BCUT2D eigenvalue weighted by molar-refractivity contribution is 5.45. The summed E-state index contributed by atoms with van der Waals surface area (Å²) in [6.45, 7) is 4.77. The summed E-state index contributed by atoms with van der Waals surface area (Å²) >= 11 is 0. The lowest BCUT2D eigenvalue weighted by Crippen LogP contribution is -2.09. The monoisotopic (exact) mass is 269 g/mol. The van der Waals surface area contributed by atoms with Crippen LogP contribution in [0.4, 0.5) is 18.9 Å². The predicted octanol–water partition coefficient (Wildman–Crippen LogP) is 3.24. The Kier molecular flexibility index (Phi) is 3.78. The molecule has 1 aromatic carbocycles. The molecule has 0 aliphatic heterocycles. The minimum Gasteiger partial charge on any atom is -0.377 e. The van der Waals surface area contributed by atoms with Gasteiger partial charge in [0, 0.05) is 6.54 Å². The van der Waals surface area contributed by atoms with Gasteiger partial charge in [0.2, 0.25) is 0 Å². The van der Waals surface area contributed by atoms with Crippen molar-refractivity contribution in [2.75, 3.05) is 5.32 Å². The molecule has 19 heavy (non-hydrogen) atoms. The van der Waals surface area contributed by atoms with Crippen molar-refractivity contribution >= 4 is 5.69 Å². The summed E-state index contributed by atoms with van der Waals surface area (Å²) in [5.41, 5.74) is 1.63. The van der Waals surface area contributed by atoms with E-state index in [1.54, 1.807) is 4.68 Å². The van der Waals surface area contributed by atoms with E-state index in [0.717, 1.165) is 17.5 Å². The second-order valence-electron chi connectivity index (χ2n) is 4.17. The Bertz CT molecular complexity index is 593. The van der Waals surface area contributed by atoms with E-state index in [2.05, 4.69) is 10.4 Å². The summed E-state index contributed by atoms with van der Waals surface area (Å²) in [5.74, 6) is -3.87. The molecule has 6 heteroatoms. The van der Waals surface area contributed by atoms with Crippen molar-refractivity contribution in [3.05, 3.63) is 47.0 Å². The summed E-state index contributed by atoms with van der Waals surface area (Å²) < 4.78 is 41.1. The average Bonchev–Trinajstić information content (AvgIpc) is 2.75. The molecule has 0 spiro atoms.